The molecular weight excluding hydrogens is 274 g/mol. The summed E-state index contributed by atoms with van der Waals surface area (Å²) in [6.45, 7) is 1.90. The van der Waals surface area contributed by atoms with E-state index < -0.39 is 0 Å². The van der Waals surface area contributed by atoms with Crippen molar-refractivity contribution in [2.24, 2.45) is 0 Å². The largest absolute Gasteiger partial charge is 0.382 e. The van der Waals surface area contributed by atoms with Crippen molar-refractivity contribution in [3.8, 4) is 0 Å². The van der Waals surface area contributed by atoms with Gasteiger partial charge in [0.25, 0.3) is 5.91 Å². The van der Waals surface area contributed by atoms with Crippen molar-refractivity contribution in [1.29, 1.82) is 0 Å². The van der Waals surface area contributed by atoms with Crippen LogP contribution >= 0.6 is 11.5 Å². The number of anilines is 2. The monoisotopic (exact) mass is 297 g/mol. The summed E-state index contributed by atoms with van der Waals surface area (Å²) in [6.07, 6.45) is 4.31. The van der Waals surface area contributed by atoms with Gasteiger partial charge in [0.05, 0.1) is 0 Å². The first-order chi connectivity index (χ1) is 9.58. The molecular formula is C13H23N5OS. The molecule has 1 aliphatic carbocycles. The number of aromatic nitrogens is 1. The highest BCUT2D eigenvalue weighted by Gasteiger charge is 2.27. The molecule has 0 spiro atoms. The highest BCUT2D eigenvalue weighted by molar-refractivity contribution is 7.11. The topological polar surface area (TPSA) is 83.3 Å². The fraction of sp³-hybridized carbons (Fsp3) is 0.692. The summed E-state index contributed by atoms with van der Waals surface area (Å²) in [6, 6.07) is 0.328. The van der Waals surface area contributed by atoms with Crippen LogP contribution in [0.15, 0.2) is 0 Å². The third kappa shape index (κ3) is 4.35. The molecule has 0 radical (unpaired) electrons. The maximum Gasteiger partial charge on any atom is 0.258 e. The van der Waals surface area contributed by atoms with E-state index in [4.69, 9.17) is 5.73 Å². The summed E-state index contributed by atoms with van der Waals surface area (Å²) in [7, 11) is 4.13. The number of rotatable bonds is 8. The van der Waals surface area contributed by atoms with E-state index in [1.165, 1.54) is 11.5 Å². The number of hydrogen-bond donors (Lipinski definition) is 3. The molecule has 20 heavy (non-hydrogen) atoms. The van der Waals surface area contributed by atoms with E-state index in [1.54, 1.807) is 0 Å². The summed E-state index contributed by atoms with van der Waals surface area (Å²) < 4.78 is 4.08. The van der Waals surface area contributed by atoms with Gasteiger partial charge in [-0.2, -0.15) is 4.37 Å². The fourth-order valence-corrected chi connectivity index (χ4v) is 2.62. The number of carbonyl (C=O) groups is 1. The minimum absolute atomic E-state index is 0.102. The zero-order valence-electron chi connectivity index (χ0n) is 12.1. The Kier molecular flexibility index (Phi) is 5.19. The van der Waals surface area contributed by atoms with E-state index in [1.807, 2.05) is 0 Å². The third-order valence-electron chi connectivity index (χ3n) is 3.18. The number of nitrogens with two attached hydrogens (primary N) is 1. The van der Waals surface area contributed by atoms with Gasteiger partial charge in [0.2, 0.25) is 0 Å². The van der Waals surface area contributed by atoms with Crippen LogP contribution < -0.4 is 16.4 Å². The predicted octanol–water partition coefficient (Wildman–Crippen LogP) is 1.37. The van der Waals surface area contributed by atoms with Crippen molar-refractivity contribution in [3.05, 3.63) is 5.56 Å². The van der Waals surface area contributed by atoms with Crippen LogP contribution in [-0.4, -0.2) is 48.4 Å². The standard InChI is InChI=1S/C13H23N5OS/c1-18(2)8-4-3-7-15-13-10(11(14)17-20-13)12(19)16-9-5-6-9/h9,15H,3-8H2,1-2H3,(H2,14,17)(H,16,19). The van der Waals surface area contributed by atoms with E-state index in [0.717, 1.165) is 43.8 Å². The zero-order chi connectivity index (χ0) is 14.5. The summed E-state index contributed by atoms with van der Waals surface area (Å²) in [5.41, 5.74) is 6.31. The van der Waals surface area contributed by atoms with Crippen molar-refractivity contribution in [2.75, 3.05) is 38.2 Å². The maximum atomic E-state index is 12.1. The molecule has 1 saturated carbocycles. The number of carbonyl (C=O) groups excluding carboxylic acids is 1. The lowest BCUT2D eigenvalue weighted by Gasteiger charge is -2.10. The lowest BCUT2D eigenvalue weighted by Crippen LogP contribution is -2.26. The molecule has 1 heterocycles. The van der Waals surface area contributed by atoms with Crippen LogP contribution in [-0.2, 0) is 0 Å². The van der Waals surface area contributed by atoms with Gasteiger partial charge in [0.15, 0.2) is 5.82 Å². The molecule has 6 nitrogen and oxygen atoms in total. The maximum absolute atomic E-state index is 12.1. The minimum Gasteiger partial charge on any atom is -0.382 e. The first-order valence-corrected chi connectivity index (χ1v) is 7.80. The smallest absolute Gasteiger partial charge is 0.258 e. The van der Waals surface area contributed by atoms with Crippen LogP contribution in [0.25, 0.3) is 0 Å². The summed E-state index contributed by atoms with van der Waals surface area (Å²) in [4.78, 5) is 14.3. The van der Waals surface area contributed by atoms with E-state index in [0.29, 0.717) is 17.4 Å². The van der Waals surface area contributed by atoms with Gasteiger partial charge in [-0.05, 0) is 57.9 Å². The van der Waals surface area contributed by atoms with Gasteiger partial charge in [-0.25, -0.2) is 0 Å². The van der Waals surface area contributed by atoms with E-state index in [9.17, 15) is 4.79 Å². The Hall–Kier alpha value is -1.34. The number of nitrogen functional groups attached to an aromatic ring is 1. The molecule has 0 atom stereocenters. The van der Waals surface area contributed by atoms with E-state index >= 15 is 0 Å². The predicted molar refractivity (Wildman–Crippen MR) is 83.3 cm³/mol. The fourth-order valence-electron chi connectivity index (χ4n) is 1.88. The van der Waals surface area contributed by atoms with Crippen LogP contribution in [0.2, 0.25) is 0 Å². The number of nitrogens with one attached hydrogen (secondary N) is 2. The second-order valence-corrected chi connectivity index (χ2v) is 6.23. The quantitative estimate of drug-likeness (QED) is 0.631. The van der Waals surface area contributed by atoms with Gasteiger partial charge < -0.3 is 21.3 Å². The van der Waals surface area contributed by atoms with Crippen molar-refractivity contribution in [3.63, 3.8) is 0 Å². The first-order valence-electron chi connectivity index (χ1n) is 7.02. The minimum atomic E-state index is -0.102. The lowest BCUT2D eigenvalue weighted by molar-refractivity contribution is 0.0953. The number of hydrogen-bond acceptors (Lipinski definition) is 6. The molecule has 4 N–H and O–H groups in total. The van der Waals surface area contributed by atoms with Crippen molar-refractivity contribution >= 4 is 28.3 Å². The summed E-state index contributed by atoms with van der Waals surface area (Å²) in [5.74, 6) is 0.221. The van der Waals surface area contributed by atoms with Gasteiger partial charge >= 0.3 is 0 Å². The van der Waals surface area contributed by atoms with Gasteiger partial charge in [0.1, 0.15) is 10.6 Å². The Bertz CT molecular complexity index is 456. The molecule has 2 rings (SSSR count). The van der Waals surface area contributed by atoms with E-state index in [2.05, 4.69) is 34.0 Å². The molecule has 1 amide bonds. The molecule has 0 bridgehead atoms. The first kappa shape index (κ1) is 15.1. The normalized spacial score (nSPS) is 14.6. The van der Waals surface area contributed by atoms with E-state index in [-0.39, 0.29) is 5.91 Å². The molecule has 1 aromatic heterocycles. The van der Waals surface area contributed by atoms with Crippen molar-refractivity contribution in [2.45, 2.75) is 31.7 Å². The van der Waals surface area contributed by atoms with Crippen LogP contribution in [0.1, 0.15) is 36.0 Å². The zero-order valence-corrected chi connectivity index (χ0v) is 12.9. The van der Waals surface area contributed by atoms with Gasteiger partial charge in [-0.1, -0.05) is 0 Å². The van der Waals surface area contributed by atoms with Gasteiger partial charge in [-0.3, -0.25) is 4.79 Å². The van der Waals surface area contributed by atoms with Gasteiger partial charge in [-0.15, -0.1) is 0 Å². The number of unbranched alkanes of at least 4 members (excludes halogenated alkanes) is 1. The number of amides is 1. The second-order valence-electron chi connectivity index (χ2n) is 5.46. The third-order valence-corrected chi connectivity index (χ3v) is 3.99. The van der Waals surface area contributed by atoms with Crippen LogP contribution in [0, 0.1) is 0 Å². The summed E-state index contributed by atoms with van der Waals surface area (Å²) >= 11 is 1.26. The van der Waals surface area contributed by atoms with Crippen LogP contribution in [0.3, 0.4) is 0 Å². The van der Waals surface area contributed by atoms with Crippen molar-refractivity contribution in [1.82, 2.24) is 14.6 Å². The Balaban J connectivity index is 1.83. The molecule has 0 unspecified atom stereocenters. The second kappa shape index (κ2) is 6.90. The average Bonchev–Trinajstić information content (AvgIpc) is 3.11. The van der Waals surface area contributed by atoms with Crippen molar-refractivity contribution < 1.29 is 4.79 Å². The van der Waals surface area contributed by atoms with Crippen LogP contribution in [0.4, 0.5) is 10.8 Å². The number of nitrogens with zero attached hydrogens (tertiary/aromatic N) is 2. The lowest BCUT2D eigenvalue weighted by atomic mass is 10.2. The van der Waals surface area contributed by atoms with Crippen LogP contribution in [0.5, 0.6) is 0 Å². The molecule has 0 saturated heterocycles. The molecule has 7 heteroatoms. The molecule has 0 aromatic carbocycles. The molecule has 1 fully saturated rings. The Labute approximate surface area is 123 Å². The Morgan fingerprint density at radius 1 is 1.45 bits per heavy atom. The van der Waals surface area contributed by atoms with Gasteiger partial charge in [0, 0.05) is 12.6 Å². The Morgan fingerprint density at radius 3 is 2.85 bits per heavy atom. The molecule has 0 aliphatic heterocycles. The average molecular weight is 297 g/mol. The highest BCUT2D eigenvalue weighted by atomic mass is 32.1. The Morgan fingerprint density at radius 2 is 2.20 bits per heavy atom. The highest BCUT2D eigenvalue weighted by Crippen LogP contribution is 2.28. The molecule has 1 aromatic rings. The molecule has 112 valence electrons. The molecule has 1 aliphatic rings. The SMILES string of the molecule is CN(C)CCCCNc1snc(N)c1C(=O)NC1CC1. The summed E-state index contributed by atoms with van der Waals surface area (Å²) in [5, 5.41) is 7.02.